The number of amides is 6. The van der Waals surface area contributed by atoms with Gasteiger partial charge in [-0.2, -0.15) is 10.0 Å². The number of unbranched alkanes of at least 4 members (excludes halogenated alkanes) is 54. The second-order valence-corrected chi connectivity index (χ2v) is 36.7. The summed E-state index contributed by atoms with van der Waals surface area (Å²) in [6.45, 7) is 16.1. The number of rotatable bonds is 76. The minimum Gasteiger partial charge on any atom is -0.490 e. The number of hydrogen-bond acceptors (Lipinski definition) is 12. The van der Waals surface area contributed by atoms with E-state index in [1.54, 1.807) is 48.5 Å². The summed E-state index contributed by atoms with van der Waals surface area (Å²) in [5.74, 6) is -1.67. The van der Waals surface area contributed by atoms with Gasteiger partial charge in [-0.3, -0.25) is 39.6 Å². The van der Waals surface area contributed by atoms with Crippen molar-refractivity contribution in [2.45, 2.75) is 427 Å². The summed E-state index contributed by atoms with van der Waals surface area (Å²) in [5, 5.41) is 6.65. The molecule has 0 saturated carbocycles. The van der Waals surface area contributed by atoms with Crippen molar-refractivity contribution in [3.8, 4) is 34.5 Å². The van der Waals surface area contributed by atoms with Gasteiger partial charge in [0.25, 0.3) is 35.4 Å². The van der Waals surface area contributed by atoms with Gasteiger partial charge >= 0.3 is 0 Å². The van der Waals surface area contributed by atoms with E-state index in [1.807, 2.05) is 24.3 Å². The topological polar surface area (TPSA) is 188 Å². The third-order valence-corrected chi connectivity index (χ3v) is 26.1. The van der Waals surface area contributed by atoms with Gasteiger partial charge in [0.1, 0.15) is 0 Å². The van der Waals surface area contributed by atoms with E-state index < -0.39 is 35.4 Å². The van der Waals surface area contributed by atoms with Crippen molar-refractivity contribution in [1.29, 1.82) is 0 Å². The molecule has 0 radical (unpaired) electrons. The Kier molecular flexibility index (Phi) is 48.3. The summed E-state index contributed by atoms with van der Waals surface area (Å²) in [7, 11) is 0. The van der Waals surface area contributed by atoms with Crippen LogP contribution in [0.5, 0.6) is 34.5 Å². The Morgan fingerprint density at radius 3 is 0.571 bits per heavy atom. The van der Waals surface area contributed by atoms with Crippen LogP contribution in [0.3, 0.4) is 0 Å². The van der Waals surface area contributed by atoms with Gasteiger partial charge in [0.15, 0.2) is 23.0 Å². The molecule has 9 rings (SSSR count). The van der Waals surface area contributed by atoms with E-state index in [0.29, 0.717) is 117 Å². The van der Waals surface area contributed by atoms with Crippen molar-refractivity contribution in [3.63, 3.8) is 0 Å². The van der Waals surface area contributed by atoms with Gasteiger partial charge in [0, 0.05) is 21.9 Å². The minimum atomic E-state index is -0.699. The number of fused-ring (bicyclic) bond motifs is 2. The number of nitrogens with zero attached hydrogens (tertiary/aromatic N) is 2. The highest BCUT2D eigenvalue weighted by Crippen LogP contribution is 2.48. The first-order valence-electron chi connectivity index (χ1n) is 51.7. The molecule has 6 amide bonds. The summed E-state index contributed by atoms with van der Waals surface area (Å²) in [6, 6.07) is 20.8. The highest BCUT2D eigenvalue weighted by Gasteiger charge is 2.39. The fourth-order valence-electron chi connectivity index (χ4n) is 18.5. The summed E-state index contributed by atoms with van der Waals surface area (Å²) >= 11 is 0. The lowest BCUT2D eigenvalue weighted by molar-refractivity contribution is 0.0473. The van der Waals surface area contributed by atoms with Crippen LogP contribution >= 0.6 is 0 Å². The van der Waals surface area contributed by atoms with Crippen molar-refractivity contribution in [3.05, 3.63) is 106 Å². The van der Waals surface area contributed by atoms with Crippen LogP contribution in [0.15, 0.2) is 72.8 Å². The first-order valence-corrected chi connectivity index (χ1v) is 51.7. The number of imide groups is 2. The second-order valence-electron chi connectivity index (χ2n) is 36.7. The Bertz CT molecular complexity index is 3870. The minimum absolute atomic E-state index is 0.154. The molecule has 2 aliphatic rings. The number of benzene rings is 7. The molecule has 2 aliphatic heterocycles. The molecule has 0 unspecified atom stereocenters. The zero-order chi connectivity index (χ0) is 89.0. The lowest BCUT2D eigenvalue weighted by Gasteiger charge is -2.30. The summed E-state index contributed by atoms with van der Waals surface area (Å²) in [5.41, 5.74) is 6.70. The van der Waals surface area contributed by atoms with Crippen molar-refractivity contribution in [2.24, 2.45) is 0 Å². The van der Waals surface area contributed by atoms with Crippen LogP contribution in [0.4, 0.5) is 0 Å². The van der Waals surface area contributed by atoms with Gasteiger partial charge in [-0.15, -0.1) is 0 Å². The van der Waals surface area contributed by atoms with Crippen LogP contribution < -0.4 is 39.3 Å². The first-order chi connectivity index (χ1) is 62.0. The maximum Gasteiger partial charge on any atom is 0.280 e. The van der Waals surface area contributed by atoms with E-state index in [-0.39, 0.29) is 33.4 Å². The number of nitrogens with one attached hydrogen (secondary N) is 2. The second kappa shape index (κ2) is 59.9. The van der Waals surface area contributed by atoms with Gasteiger partial charge < -0.3 is 28.4 Å². The van der Waals surface area contributed by atoms with Crippen molar-refractivity contribution in [2.75, 3.05) is 39.6 Å². The molecule has 2 heterocycles. The summed E-state index contributed by atoms with van der Waals surface area (Å²) < 4.78 is 40.0. The van der Waals surface area contributed by atoms with Crippen LogP contribution in [-0.2, 0) is 0 Å². The third-order valence-electron chi connectivity index (χ3n) is 26.1. The third kappa shape index (κ3) is 32.2. The Balaban J connectivity index is 0.944. The molecule has 0 bridgehead atoms. The zero-order valence-corrected chi connectivity index (χ0v) is 79.4. The molecule has 0 fully saturated rings. The number of ether oxygens (including phenoxy) is 6. The van der Waals surface area contributed by atoms with E-state index >= 15 is 28.8 Å². The Morgan fingerprint density at radius 1 is 0.222 bits per heavy atom. The largest absolute Gasteiger partial charge is 0.490 e. The van der Waals surface area contributed by atoms with Gasteiger partial charge in [-0.25, -0.2) is 0 Å². The lowest BCUT2D eigenvalue weighted by Crippen LogP contribution is -2.51. The number of hydrogen-bond donors (Lipinski definition) is 2. The van der Waals surface area contributed by atoms with Crippen LogP contribution in [-0.4, -0.2) is 85.1 Å². The number of carbonyl (C=O) groups is 6. The van der Waals surface area contributed by atoms with Gasteiger partial charge in [-0.05, 0) is 119 Å². The molecular formula is C110H164N4O12. The normalized spacial score (nSPS) is 12.7. The standard InChI is InChI=1S/C110H164N4O12/c1-7-13-19-25-31-37-43-49-55-61-75-121-95-81-85(82-96(122-76-62-56-50-44-38-32-26-20-14-8-2)103(95)125-79-65-59-53-47-41-35-29-23-17-11-5)105(115)111-113-107(117)91-71-67-87-89-69-73-93-102-94(74-70-90(100(89)102)88-68-72-92(108(113)118)101(91)99(87)88)110(120)114(109(93)119)112-106(116)86-83-97(123-77-63-57-51-45-39-33-27-21-15-9-3)104(126-80-66-60-54-48-42-36-30-24-18-12-6)98(84-86)124-78-64-58-52-46-40-34-28-22-16-10-4/h67-74,81-84H,7-66,75-80H2,1-6H3,(H,111,115)(H,112,116). The molecule has 7 aromatic rings. The molecule has 0 atom stereocenters. The highest BCUT2D eigenvalue weighted by molar-refractivity contribution is 6.41. The molecule has 0 spiro atoms. The van der Waals surface area contributed by atoms with Crippen LogP contribution in [0.2, 0.25) is 0 Å². The van der Waals surface area contributed by atoms with E-state index in [2.05, 4.69) is 52.4 Å². The SMILES string of the molecule is CCCCCCCCCCCCOc1cc(C(=O)NN2C(=O)c3ccc4c5ccc6c7c(ccc(c8ccc(c3c48)C2=O)c75)C(=O)N(NC(=O)c2cc(OCCCCCCCCCCCC)c(OCCCCCCCCCCCC)c(OCCCCCCCCCCCC)c2)C6=O)cc(OCCCCCCCCCCCC)c1OCCCCCCCCCCCC. The first kappa shape index (κ1) is 102. The fraction of sp³-hybridized carbons (Fsp3) is 0.655. The highest BCUT2D eigenvalue weighted by atomic mass is 16.5. The predicted octanol–water partition coefficient (Wildman–Crippen LogP) is 31.4. The van der Waals surface area contributed by atoms with Crippen molar-refractivity contribution >= 4 is 78.5 Å². The lowest BCUT2D eigenvalue weighted by atomic mass is 9.82. The Morgan fingerprint density at radius 2 is 0.389 bits per heavy atom. The molecular weight excluding hydrogens is 1570 g/mol. The van der Waals surface area contributed by atoms with Gasteiger partial charge in [0.2, 0.25) is 11.5 Å². The predicted molar refractivity (Wildman–Crippen MR) is 521 cm³/mol. The maximum absolute atomic E-state index is 15.2. The average molecular weight is 1730 g/mol. The van der Waals surface area contributed by atoms with Gasteiger partial charge in [-0.1, -0.05) is 413 Å². The molecule has 0 aromatic heterocycles. The molecule has 0 saturated heterocycles. The molecule has 0 aliphatic carbocycles. The summed E-state index contributed by atoms with van der Waals surface area (Å²) in [6.07, 6.45) is 71.0. The quantitative estimate of drug-likeness (QED) is 0.0159. The molecule has 126 heavy (non-hydrogen) atoms. The van der Waals surface area contributed by atoms with E-state index in [1.165, 1.54) is 270 Å². The van der Waals surface area contributed by atoms with E-state index in [9.17, 15) is 0 Å². The Hall–Kier alpha value is -8.14. The maximum atomic E-state index is 15.2. The molecule has 16 heteroatoms. The summed E-state index contributed by atoms with van der Waals surface area (Å²) in [4.78, 5) is 90.7. The fourth-order valence-corrected chi connectivity index (χ4v) is 18.5. The van der Waals surface area contributed by atoms with Gasteiger partial charge in [0.05, 0.1) is 61.9 Å². The van der Waals surface area contributed by atoms with Crippen LogP contribution in [0.1, 0.15) is 489 Å². The molecule has 16 nitrogen and oxygen atoms in total. The van der Waals surface area contributed by atoms with Crippen LogP contribution in [0, 0.1) is 0 Å². The van der Waals surface area contributed by atoms with Crippen molar-refractivity contribution in [1.82, 2.24) is 20.9 Å². The van der Waals surface area contributed by atoms with E-state index in [0.717, 1.165) is 126 Å². The number of carbonyl (C=O) groups excluding carboxylic acids is 6. The average Bonchev–Trinajstić information content (AvgIpc) is 0.689. The Labute approximate surface area is 759 Å². The van der Waals surface area contributed by atoms with Crippen LogP contribution in [0.25, 0.3) is 43.1 Å². The molecule has 2 N–H and O–H groups in total. The molecule has 7 aromatic carbocycles. The zero-order valence-electron chi connectivity index (χ0n) is 79.4. The van der Waals surface area contributed by atoms with Crippen molar-refractivity contribution < 1.29 is 57.2 Å². The number of hydrazine groups is 2. The monoisotopic (exact) mass is 1730 g/mol. The molecule has 696 valence electrons. The smallest absolute Gasteiger partial charge is 0.280 e. The van der Waals surface area contributed by atoms with E-state index in [4.69, 9.17) is 28.4 Å².